The quantitative estimate of drug-likeness (QED) is 0.558. The molecule has 1 aromatic carbocycles. The fourth-order valence-corrected chi connectivity index (χ4v) is 6.66. The molecule has 2 N–H and O–H groups in total. The van der Waals surface area contributed by atoms with Crippen molar-refractivity contribution in [3.63, 3.8) is 0 Å². The van der Waals surface area contributed by atoms with Gasteiger partial charge in [0, 0.05) is 25.2 Å². The van der Waals surface area contributed by atoms with Crippen LogP contribution in [0.1, 0.15) is 69.4 Å². The number of ether oxygens (including phenoxy) is 1. The van der Waals surface area contributed by atoms with Gasteiger partial charge >= 0.3 is 6.18 Å². The summed E-state index contributed by atoms with van der Waals surface area (Å²) >= 11 is 0. The number of alkyl halides is 3. The normalized spacial score (nSPS) is 31.1. The highest BCUT2D eigenvalue weighted by atomic mass is 19.4. The van der Waals surface area contributed by atoms with Crippen molar-refractivity contribution in [1.29, 1.82) is 0 Å². The van der Waals surface area contributed by atoms with Gasteiger partial charge in [-0.15, -0.1) is 0 Å². The molecule has 1 aliphatic heterocycles. The number of hydrogen-bond acceptors (Lipinski definition) is 4. The van der Waals surface area contributed by atoms with Gasteiger partial charge in [0.25, 0.3) is 0 Å². The number of aliphatic hydroxyl groups is 1. The number of carbonyl (C=O) groups is 1. The minimum Gasteiger partial charge on any atom is -0.389 e. The number of carbonyl (C=O) groups excluding carboxylic acids is 1. The Kier molecular flexibility index (Phi) is 7.51. The minimum atomic E-state index is -4.67. The maximum Gasteiger partial charge on any atom is 0.416 e. The van der Waals surface area contributed by atoms with Crippen molar-refractivity contribution < 1.29 is 32.2 Å². The molecule has 9 heteroatoms. The maximum absolute atomic E-state index is 13.8. The Balaban J connectivity index is 1.53. The van der Waals surface area contributed by atoms with E-state index >= 15 is 0 Å². The smallest absolute Gasteiger partial charge is 0.389 e. The molecule has 3 aliphatic rings. The lowest BCUT2D eigenvalue weighted by atomic mass is 9.68. The van der Waals surface area contributed by atoms with E-state index in [4.69, 9.17) is 4.74 Å². The molecule has 0 aromatic heterocycles. The molecule has 3 fully saturated rings. The van der Waals surface area contributed by atoms with Crippen molar-refractivity contribution in [3.05, 3.63) is 35.1 Å². The molecule has 0 bridgehead atoms. The van der Waals surface area contributed by atoms with Gasteiger partial charge in [-0.3, -0.25) is 9.69 Å². The van der Waals surface area contributed by atoms with Crippen LogP contribution in [0.3, 0.4) is 0 Å². The van der Waals surface area contributed by atoms with Gasteiger partial charge < -0.3 is 15.2 Å². The molecule has 1 aromatic rings. The van der Waals surface area contributed by atoms with Crippen LogP contribution in [-0.4, -0.2) is 53.9 Å². The second-order valence-electron chi connectivity index (χ2n) is 10.8. The second kappa shape index (κ2) is 9.98. The Hall–Kier alpha value is -1.71. The third-order valence-corrected chi connectivity index (χ3v) is 8.68. The third kappa shape index (κ3) is 5.23. The summed E-state index contributed by atoms with van der Waals surface area (Å²) in [7, 11) is 2.08. The van der Waals surface area contributed by atoms with E-state index in [0.717, 1.165) is 37.8 Å². The van der Waals surface area contributed by atoms with Gasteiger partial charge in [-0.2, -0.15) is 13.2 Å². The van der Waals surface area contributed by atoms with Crippen molar-refractivity contribution in [1.82, 2.24) is 10.2 Å². The Bertz CT molecular complexity index is 918. The zero-order valence-electron chi connectivity index (χ0n) is 20.5. The van der Waals surface area contributed by atoms with Crippen LogP contribution < -0.4 is 5.32 Å². The summed E-state index contributed by atoms with van der Waals surface area (Å²) < 4.78 is 58.8. The van der Waals surface area contributed by atoms with Gasteiger partial charge in [0.2, 0.25) is 5.91 Å². The molecule has 2 saturated carbocycles. The van der Waals surface area contributed by atoms with E-state index in [1.807, 2.05) is 0 Å². The first-order valence-electron chi connectivity index (χ1n) is 12.6. The molecule has 0 radical (unpaired) electrons. The number of halogens is 4. The fraction of sp³-hybridized carbons (Fsp3) is 0.731. The van der Waals surface area contributed by atoms with Crippen molar-refractivity contribution >= 4 is 5.91 Å². The first kappa shape index (κ1) is 26.4. The largest absolute Gasteiger partial charge is 0.416 e. The molecule has 4 rings (SSSR count). The van der Waals surface area contributed by atoms with Crippen LogP contribution in [0.4, 0.5) is 17.6 Å². The van der Waals surface area contributed by atoms with Gasteiger partial charge in [0.05, 0.1) is 23.2 Å². The highest BCUT2D eigenvalue weighted by Crippen LogP contribution is 2.54. The lowest BCUT2D eigenvalue weighted by molar-refractivity contribution is -0.151. The van der Waals surface area contributed by atoms with Gasteiger partial charge in [-0.1, -0.05) is 19.8 Å². The first-order chi connectivity index (χ1) is 16.4. The van der Waals surface area contributed by atoms with E-state index in [1.165, 1.54) is 0 Å². The van der Waals surface area contributed by atoms with Gasteiger partial charge in [-0.05, 0) is 75.3 Å². The lowest BCUT2D eigenvalue weighted by Crippen LogP contribution is -2.55. The van der Waals surface area contributed by atoms with E-state index in [9.17, 15) is 27.5 Å². The predicted molar refractivity (Wildman–Crippen MR) is 123 cm³/mol. The molecule has 2 unspecified atom stereocenters. The average molecular weight is 501 g/mol. The Morgan fingerprint density at radius 3 is 2.57 bits per heavy atom. The fourth-order valence-electron chi connectivity index (χ4n) is 6.66. The zero-order chi connectivity index (χ0) is 25.4. The molecule has 1 amide bonds. The van der Waals surface area contributed by atoms with Gasteiger partial charge in [0.15, 0.2) is 0 Å². The highest BCUT2D eigenvalue weighted by Gasteiger charge is 2.60. The molecule has 0 spiro atoms. The summed E-state index contributed by atoms with van der Waals surface area (Å²) in [5.74, 6) is -0.986. The topological polar surface area (TPSA) is 61.8 Å². The summed E-state index contributed by atoms with van der Waals surface area (Å²) in [6.45, 7) is 3.34. The van der Waals surface area contributed by atoms with Crippen molar-refractivity contribution in [3.8, 4) is 0 Å². The predicted octanol–water partition coefficient (Wildman–Crippen LogP) is 4.66. The van der Waals surface area contributed by atoms with E-state index in [1.54, 1.807) is 0 Å². The second-order valence-corrected chi connectivity index (χ2v) is 10.8. The van der Waals surface area contributed by atoms with Crippen LogP contribution in [0, 0.1) is 17.2 Å². The van der Waals surface area contributed by atoms with Gasteiger partial charge in [-0.25, -0.2) is 4.39 Å². The van der Waals surface area contributed by atoms with Crippen LogP contribution in [0.2, 0.25) is 0 Å². The Morgan fingerprint density at radius 2 is 1.91 bits per heavy atom. The van der Waals surface area contributed by atoms with E-state index in [2.05, 4.69) is 24.2 Å². The van der Waals surface area contributed by atoms with Crippen LogP contribution in [-0.2, 0) is 22.3 Å². The standard InChI is InChI=1S/C26H36F4N2O3/c1-17-16-35-10-6-22(17)32(2)21-5-9-24(14-21,25(34)7-3-4-8-25)23(33)31-15-18-11-19(26(28,29)30)13-20(27)12-18/h11-13,17,21-22,34H,3-10,14-16H2,1-2H3,(H,31,33)/t17?,21-,22?,24-/m1/s1. The summed E-state index contributed by atoms with van der Waals surface area (Å²) in [4.78, 5) is 16.0. The van der Waals surface area contributed by atoms with Crippen LogP contribution >= 0.6 is 0 Å². The molecule has 1 saturated heterocycles. The highest BCUT2D eigenvalue weighted by molar-refractivity contribution is 5.84. The molecular formula is C26H36F4N2O3. The SMILES string of the molecule is CC1COCCC1N(C)[C@@H]1CC[C@@](C(=O)NCc2cc(F)cc(C(F)(F)F)c2)(C2(O)CCCC2)C1. The van der Waals surface area contributed by atoms with Crippen LogP contribution in [0.15, 0.2) is 18.2 Å². The molecule has 35 heavy (non-hydrogen) atoms. The monoisotopic (exact) mass is 500 g/mol. The van der Waals surface area contributed by atoms with Crippen molar-refractivity contribution in [2.24, 2.45) is 11.3 Å². The Morgan fingerprint density at radius 1 is 1.20 bits per heavy atom. The number of rotatable bonds is 6. The molecule has 196 valence electrons. The van der Waals surface area contributed by atoms with E-state index in [0.29, 0.717) is 56.9 Å². The van der Waals surface area contributed by atoms with Crippen LogP contribution in [0.25, 0.3) is 0 Å². The molecule has 1 heterocycles. The van der Waals surface area contributed by atoms with Crippen molar-refractivity contribution in [2.75, 3.05) is 20.3 Å². The lowest BCUT2D eigenvalue weighted by Gasteiger charge is -2.43. The van der Waals surface area contributed by atoms with Crippen LogP contribution in [0.5, 0.6) is 0 Å². The van der Waals surface area contributed by atoms with E-state index in [-0.39, 0.29) is 24.1 Å². The molecule has 4 atom stereocenters. The third-order valence-electron chi connectivity index (χ3n) is 8.68. The van der Waals surface area contributed by atoms with Gasteiger partial charge in [0.1, 0.15) is 5.82 Å². The number of benzene rings is 1. The van der Waals surface area contributed by atoms with Crippen molar-refractivity contribution in [2.45, 2.75) is 88.7 Å². The molecule has 5 nitrogen and oxygen atoms in total. The maximum atomic E-state index is 13.8. The minimum absolute atomic E-state index is 0.0435. The number of nitrogens with zero attached hydrogens (tertiary/aromatic N) is 1. The summed E-state index contributed by atoms with van der Waals surface area (Å²) in [6.07, 6.45) is 0.736. The summed E-state index contributed by atoms with van der Waals surface area (Å²) in [6, 6.07) is 2.76. The average Bonchev–Trinajstić information content (AvgIpc) is 3.45. The number of hydrogen-bond donors (Lipinski definition) is 2. The Labute approximate surface area is 204 Å². The first-order valence-corrected chi connectivity index (χ1v) is 12.6. The summed E-state index contributed by atoms with van der Waals surface area (Å²) in [5, 5.41) is 14.4. The van der Waals surface area contributed by atoms with E-state index < -0.39 is 28.6 Å². The summed E-state index contributed by atoms with van der Waals surface area (Å²) in [5.41, 5.74) is -3.20. The number of nitrogens with one attached hydrogen (secondary N) is 1. The number of amides is 1. The molecule has 2 aliphatic carbocycles. The molecular weight excluding hydrogens is 464 g/mol. The zero-order valence-corrected chi connectivity index (χ0v) is 20.5.